The number of carbonyl (C=O) groups is 1. The van der Waals surface area contributed by atoms with Gasteiger partial charge in [-0.1, -0.05) is 20.8 Å². The number of hydrogen-bond donors (Lipinski definition) is 1. The quantitative estimate of drug-likeness (QED) is 0.562. The van der Waals surface area contributed by atoms with E-state index < -0.39 is 17.9 Å². The van der Waals surface area contributed by atoms with Crippen molar-refractivity contribution in [3.8, 4) is 0 Å². The molecule has 9 heteroatoms. The number of methoxy groups -OCH3 is 1. The fourth-order valence-corrected chi connectivity index (χ4v) is 4.65. The predicted molar refractivity (Wildman–Crippen MR) is 125 cm³/mol. The third-order valence-corrected chi connectivity index (χ3v) is 6.78. The zero-order valence-electron chi connectivity index (χ0n) is 20.4. The Morgan fingerprint density at radius 1 is 1.12 bits per heavy atom. The number of halogens is 2. The van der Waals surface area contributed by atoms with Crippen LogP contribution in [0.15, 0.2) is 6.07 Å². The van der Waals surface area contributed by atoms with Crippen molar-refractivity contribution in [3.63, 3.8) is 0 Å². The molecule has 0 unspecified atom stereocenters. The van der Waals surface area contributed by atoms with E-state index in [9.17, 15) is 13.6 Å². The van der Waals surface area contributed by atoms with E-state index in [1.54, 1.807) is 0 Å². The first-order valence-corrected chi connectivity index (χ1v) is 12.1. The van der Waals surface area contributed by atoms with Gasteiger partial charge in [-0.2, -0.15) is 8.78 Å². The maximum atomic E-state index is 14.6. The van der Waals surface area contributed by atoms with Crippen molar-refractivity contribution in [3.05, 3.63) is 17.6 Å². The van der Waals surface area contributed by atoms with E-state index in [4.69, 9.17) is 4.74 Å². The molecule has 7 nitrogen and oxygen atoms in total. The van der Waals surface area contributed by atoms with Crippen LogP contribution in [0.3, 0.4) is 0 Å². The lowest BCUT2D eigenvalue weighted by Gasteiger charge is -2.37. The van der Waals surface area contributed by atoms with Crippen LogP contribution < -0.4 is 10.2 Å². The Hall–Kier alpha value is -1.87. The van der Waals surface area contributed by atoms with Crippen molar-refractivity contribution in [2.75, 3.05) is 51.3 Å². The average Bonchev–Trinajstić information content (AvgIpc) is 2.78. The molecule has 2 aliphatic rings. The minimum Gasteiger partial charge on any atom is -0.378 e. The summed E-state index contributed by atoms with van der Waals surface area (Å²) in [7, 11) is 1.27. The number of hydrogen-bond acceptors (Lipinski definition) is 6. The molecular weight excluding hydrogens is 428 g/mol. The first-order valence-electron chi connectivity index (χ1n) is 12.1. The van der Waals surface area contributed by atoms with Gasteiger partial charge in [0.1, 0.15) is 23.9 Å². The molecule has 0 spiro atoms. The van der Waals surface area contributed by atoms with Gasteiger partial charge in [-0.25, -0.2) is 9.97 Å². The average molecular weight is 468 g/mol. The van der Waals surface area contributed by atoms with Gasteiger partial charge in [0.2, 0.25) is 6.41 Å². The van der Waals surface area contributed by atoms with Crippen LogP contribution in [0.25, 0.3) is 0 Å². The van der Waals surface area contributed by atoms with Crippen LogP contribution in [0.1, 0.15) is 64.4 Å². The molecule has 1 amide bonds. The highest BCUT2D eigenvalue weighted by atomic mass is 19.3. The van der Waals surface area contributed by atoms with E-state index in [-0.39, 0.29) is 5.69 Å². The molecule has 1 aromatic rings. The van der Waals surface area contributed by atoms with Crippen molar-refractivity contribution in [2.24, 2.45) is 5.92 Å². The maximum Gasteiger partial charge on any atom is 0.312 e. The number of piperazine rings is 1. The fraction of sp³-hybridized carbons (Fsp3) is 0.792. The number of alkyl halides is 2. The highest BCUT2D eigenvalue weighted by Gasteiger charge is 2.36. The van der Waals surface area contributed by atoms with Crippen molar-refractivity contribution < 1.29 is 18.3 Å². The van der Waals surface area contributed by atoms with Crippen LogP contribution in [-0.2, 0) is 20.9 Å². The lowest BCUT2D eigenvalue weighted by molar-refractivity contribution is -0.110. The summed E-state index contributed by atoms with van der Waals surface area (Å²) in [6, 6.07) is 1.77. The third kappa shape index (κ3) is 7.06. The van der Waals surface area contributed by atoms with E-state index in [0.29, 0.717) is 17.7 Å². The van der Waals surface area contributed by atoms with E-state index in [1.165, 1.54) is 32.4 Å². The van der Waals surface area contributed by atoms with Gasteiger partial charge >= 0.3 is 5.92 Å². The fourth-order valence-electron chi connectivity index (χ4n) is 4.65. The number of rotatable bonds is 9. The van der Waals surface area contributed by atoms with Gasteiger partial charge < -0.3 is 15.0 Å². The largest absolute Gasteiger partial charge is 0.378 e. The lowest BCUT2D eigenvalue weighted by atomic mass is 9.84. The first-order chi connectivity index (χ1) is 15.6. The number of carbonyl (C=O) groups excluding carboxylic acids is 1. The molecule has 1 aliphatic heterocycles. The second kappa shape index (κ2) is 11.0. The summed E-state index contributed by atoms with van der Waals surface area (Å²) in [5.74, 6) is -1.45. The molecule has 0 aromatic carbocycles. The number of ether oxygens (including phenoxy) is 1. The molecule has 1 saturated heterocycles. The summed E-state index contributed by atoms with van der Waals surface area (Å²) in [4.78, 5) is 24.0. The summed E-state index contributed by atoms with van der Waals surface area (Å²) in [5.41, 5.74) is -0.711. The Morgan fingerprint density at radius 3 is 2.36 bits per heavy atom. The van der Waals surface area contributed by atoms with Crippen molar-refractivity contribution in [2.45, 2.75) is 70.3 Å². The van der Waals surface area contributed by atoms with Crippen LogP contribution >= 0.6 is 0 Å². The Bertz CT molecular complexity index is 771. The smallest absolute Gasteiger partial charge is 0.312 e. The molecule has 0 radical (unpaired) electrons. The van der Waals surface area contributed by atoms with Crippen molar-refractivity contribution >= 4 is 12.2 Å². The lowest BCUT2D eigenvalue weighted by Crippen LogP contribution is -2.47. The van der Waals surface area contributed by atoms with E-state index in [0.717, 1.165) is 57.9 Å². The van der Waals surface area contributed by atoms with Gasteiger partial charge in [-0.05, 0) is 44.6 Å². The second-order valence-corrected chi connectivity index (χ2v) is 10.4. The molecule has 3 rings (SSSR count). The van der Waals surface area contributed by atoms with Crippen molar-refractivity contribution in [1.82, 2.24) is 20.2 Å². The SMILES string of the molecule is COCC(F)(F)c1cc(N2CCN(CCC3CCC(NC=O)CC3)CC2)nc(C(C)(C)C)n1. The van der Waals surface area contributed by atoms with E-state index >= 15 is 0 Å². The highest BCUT2D eigenvalue weighted by molar-refractivity contribution is 5.46. The van der Waals surface area contributed by atoms with Crippen LogP contribution in [0, 0.1) is 5.92 Å². The van der Waals surface area contributed by atoms with Crippen molar-refractivity contribution in [1.29, 1.82) is 0 Å². The molecule has 1 saturated carbocycles. The number of aromatic nitrogens is 2. The zero-order chi connectivity index (χ0) is 24.1. The highest BCUT2D eigenvalue weighted by Crippen LogP contribution is 2.32. The van der Waals surface area contributed by atoms with Gasteiger partial charge in [0, 0.05) is 50.8 Å². The Morgan fingerprint density at radius 2 is 1.79 bits per heavy atom. The van der Waals surface area contributed by atoms with Gasteiger partial charge in [-0.15, -0.1) is 0 Å². The standard InChI is InChI=1S/C24H39F2N5O2/c1-23(2,3)22-28-20(24(25,26)16-33-4)15-21(29-22)31-13-11-30(12-14-31)10-9-18-5-7-19(8-6-18)27-17-32/h15,17-19H,5-14,16H2,1-4H3,(H,27,32). The normalized spacial score (nSPS) is 22.9. The Labute approximate surface area is 196 Å². The summed E-state index contributed by atoms with van der Waals surface area (Å²) < 4.78 is 34.0. The zero-order valence-corrected chi connectivity index (χ0v) is 20.4. The topological polar surface area (TPSA) is 70.6 Å². The third-order valence-electron chi connectivity index (χ3n) is 6.78. The number of amides is 1. The van der Waals surface area contributed by atoms with Gasteiger partial charge in [0.25, 0.3) is 0 Å². The molecule has 1 N–H and O–H groups in total. The molecule has 1 aromatic heterocycles. The minimum atomic E-state index is -3.16. The number of nitrogens with one attached hydrogen (secondary N) is 1. The van der Waals surface area contributed by atoms with Crippen LogP contribution in [0.5, 0.6) is 0 Å². The minimum absolute atomic E-state index is 0.277. The molecule has 33 heavy (non-hydrogen) atoms. The molecule has 1 aliphatic carbocycles. The molecule has 0 bridgehead atoms. The monoisotopic (exact) mass is 467 g/mol. The first kappa shape index (κ1) is 25.7. The molecular formula is C24H39F2N5O2. The summed E-state index contributed by atoms with van der Waals surface area (Å²) in [6.07, 6.45) is 6.45. The van der Waals surface area contributed by atoms with Gasteiger partial charge in [0.15, 0.2) is 0 Å². The van der Waals surface area contributed by atoms with Crippen LogP contribution in [0.2, 0.25) is 0 Å². The Balaban J connectivity index is 1.58. The number of anilines is 1. The molecule has 0 atom stereocenters. The van der Waals surface area contributed by atoms with E-state index in [1.807, 2.05) is 20.8 Å². The van der Waals surface area contributed by atoms with Gasteiger partial charge in [-0.3, -0.25) is 9.69 Å². The molecule has 2 heterocycles. The Kier molecular flexibility index (Phi) is 8.61. The number of nitrogens with zero attached hydrogens (tertiary/aromatic N) is 4. The maximum absolute atomic E-state index is 14.6. The second-order valence-electron chi connectivity index (χ2n) is 10.4. The van der Waals surface area contributed by atoms with Crippen LogP contribution in [0.4, 0.5) is 14.6 Å². The van der Waals surface area contributed by atoms with Crippen LogP contribution in [-0.4, -0.2) is 73.8 Å². The summed E-state index contributed by atoms with van der Waals surface area (Å²) >= 11 is 0. The molecule has 186 valence electrons. The summed E-state index contributed by atoms with van der Waals surface area (Å²) in [6.45, 7) is 9.45. The molecule has 2 fully saturated rings. The van der Waals surface area contributed by atoms with Gasteiger partial charge in [0.05, 0.1) is 0 Å². The summed E-state index contributed by atoms with van der Waals surface area (Å²) in [5, 5.41) is 2.90. The predicted octanol–water partition coefficient (Wildman–Crippen LogP) is 3.33. The van der Waals surface area contributed by atoms with E-state index in [2.05, 4.69) is 25.1 Å².